The number of halogens is 2. The lowest BCUT2D eigenvalue weighted by Gasteiger charge is -2.27. The minimum absolute atomic E-state index is 0.178. The molecular formula is C27H26Cl2N2O4. The second kappa shape index (κ2) is 9.80. The first-order chi connectivity index (χ1) is 16.7. The Labute approximate surface area is 214 Å². The third-order valence-corrected chi connectivity index (χ3v) is 6.95. The van der Waals surface area contributed by atoms with Crippen LogP contribution in [0.5, 0.6) is 11.5 Å². The molecule has 6 nitrogen and oxygen atoms in total. The van der Waals surface area contributed by atoms with Crippen molar-refractivity contribution >= 4 is 40.7 Å². The van der Waals surface area contributed by atoms with Gasteiger partial charge in [-0.1, -0.05) is 23.2 Å². The smallest absolute Gasteiger partial charge is 0.251 e. The van der Waals surface area contributed by atoms with Gasteiger partial charge in [-0.2, -0.15) is 0 Å². The summed E-state index contributed by atoms with van der Waals surface area (Å²) in [6, 6.07) is 15.8. The van der Waals surface area contributed by atoms with E-state index in [9.17, 15) is 9.59 Å². The second-order valence-electron chi connectivity index (χ2n) is 8.41. The van der Waals surface area contributed by atoms with Crippen molar-refractivity contribution in [3.63, 3.8) is 0 Å². The van der Waals surface area contributed by atoms with Gasteiger partial charge in [-0.15, -0.1) is 0 Å². The van der Waals surface area contributed by atoms with Crippen molar-refractivity contribution in [2.45, 2.75) is 25.8 Å². The average molecular weight is 513 g/mol. The Morgan fingerprint density at radius 3 is 2.46 bits per heavy atom. The van der Waals surface area contributed by atoms with Crippen LogP contribution < -0.4 is 19.7 Å². The molecular weight excluding hydrogens is 487 g/mol. The highest BCUT2D eigenvalue weighted by Gasteiger charge is 2.50. The molecule has 1 aliphatic heterocycles. The minimum atomic E-state index is -1.15. The quantitative estimate of drug-likeness (QED) is 0.446. The van der Waals surface area contributed by atoms with Crippen LogP contribution in [-0.4, -0.2) is 32.6 Å². The maximum atomic E-state index is 14.1. The molecule has 1 aliphatic rings. The van der Waals surface area contributed by atoms with Crippen molar-refractivity contribution in [3.05, 3.63) is 86.9 Å². The summed E-state index contributed by atoms with van der Waals surface area (Å²) in [6.45, 7) is 4.42. The number of carbonyl (C=O) groups is 2. The van der Waals surface area contributed by atoms with Gasteiger partial charge in [0.25, 0.3) is 5.91 Å². The van der Waals surface area contributed by atoms with E-state index in [4.69, 9.17) is 32.7 Å². The number of hydrogen-bond donors (Lipinski definition) is 1. The molecule has 4 rings (SSSR count). The molecule has 0 fully saturated rings. The van der Waals surface area contributed by atoms with Gasteiger partial charge >= 0.3 is 0 Å². The normalized spacial score (nSPS) is 16.7. The Balaban J connectivity index is 1.84. The number of rotatable bonds is 7. The minimum Gasteiger partial charge on any atom is -0.497 e. The van der Waals surface area contributed by atoms with Crippen LogP contribution in [0, 0.1) is 0 Å². The average Bonchev–Trinajstić information content (AvgIpc) is 3.06. The summed E-state index contributed by atoms with van der Waals surface area (Å²) in [6.07, 6.45) is 0. The van der Waals surface area contributed by atoms with Crippen LogP contribution in [0.1, 0.15) is 40.9 Å². The van der Waals surface area contributed by atoms with Gasteiger partial charge in [0.05, 0.1) is 20.8 Å². The number of hydrogen-bond acceptors (Lipinski definition) is 4. The van der Waals surface area contributed by atoms with Gasteiger partial charge < -0.3 is 19.7 Å². The van der Waals surface area contributed by atoms with E-state index in [0.717, 1.165) is 16.8 Å². The molecule has 2 amide bonds. The number of carbonyl (C=O) groups excluding carboxylic acids is 2. The van der Waals surface area contributed by atoms with Crippen molar-refractivity contribution in [1.82, 2.24) is 5.32 Å². The topological polar surface area (TPSA) is 67.9 Å². The van der Waals surface area contributed by atoms with E-state index in [1.807, 2.05) is 32.0 Å². The maximum Gasteiger partial charge on any atom is 0.251 e. The molecule has 0 radical (unpaired) electrons. The Morgan fingerprint density at radius 2 is 1.77 bits per heavy atom. The summed E-state index contributed by atoms with van der Waals surface area (Å²) in [5.41, 5.74) is 2.07. The van der Waals surface area contributed by atoms with Crippen molar-refractivity contribution in [2.24, 2.45) is 0 Å². The molecule has 0 aliphatic carbocycles. The van der Waals surface area contributed by atoms with Crippen LogP contribution in [0.25, 0.3) is 0 Å². The largest absolute Gasteiger partial charge is 0.497 e. The monoisotopic (exact) mass is 512 g/mol. The van der Waals surface area contributed by atoms with Crippen LogP contribution in [0.3, 0.4) is 0 Å². The zero-order valence-corrected chi connectivity index (χ0v) is 21.5. The van der Waals surface area contributed by atoms with E-state index in [1.54, 1.807) is 55.5 Å². The van der Waals surface area contributed by atoms with Crippen molar-refractivity contribution in [1.29, 1.82) is 0 Å². The van der Waals surface area contributed by atoms with E-state index in [1.165, 1.54) is 0 Å². The number of nitrogens with zero attached hydrogens (tertiary/aromatic N) is 1. The number of anilines is 1. The predicted octanol–water partition coefficient (Wildman–Crippen LogP) is 5.61. The lowest BCUT2D eigenvalue weighted by atomic mass is 9.76. The number of nitrogens with one attached hydrogen (secondary N) is 1. The summed E-state index contributed by atoms with van der Waals surface area (Å²) < 4.78 is 10.9. The Hall–Kier alpha value is -3.22. The highest BCUT2D eigenvalue weighted by atomic mass is 35.5. The van der Waals surface area contributed by atoms with Crippen molar-refractivity contribution in [2.75, 3.05) is 25.7 Å². The lowest BCUT2D eigenvalue weighted by molar-refractivity contribution is -0.121. The highest BCUT2D eigenvalue weighted by Crippen LogP contribution is 2.49. The van der Waals surface area contributed by atoms with E-state index in [0.29, 0.717) is 39.2 Å². The molecule has 1 unspecified atom stereocenters. The van der Waals surface area contributed by atoms with Gasteiger partial charge in [-0.25, -0.2) is 0 Å². The first kappa shape index (κ1) is 24.9. The van der Waals surface area contributed by atoms with Gasteiger partial charge in [0.2, 0.25) is 5.91 Å². The number of methoxy groups -OCH3 is 2. The fraction of sp³-hybridized carbons (Fsp3) is 0.259. The molecule has 0 aromatic heterocycles. The highest BCUT2D eigenvalue weighted by molar-refractivity contribution is 6.33. The molecule has 3 aromatic rings. The van der Waals surface area contributed by atoms with E-state index in [2.05, 4.69) is 5.32 Å². The summed E-state index contributed by atoms with van der Waals surface area (Å²) in [5, 5.41) is 3.69. The van der Waals surface area contributed by atoms with Crippen LogP contribution in [0.2, 0.25) is 10.0 Å². The number of benzene rings is 3. The van der Waals surface area contributed by atoms with Gasteiger partial charge in [-0.05, 0) is 73.5 Å². The predicted molar refractivity (Wildman–Crippen MR) is 138 cm³/mol. The molecule has 3 aromatic carbocycles. The van der Waals surface area contributed by atoms with Crippen LogP contribution in [-0.2, 0) is 16.8 Å². The van der Waals surface area contributed by atoms with Crippen molar-refractivity contribution < 1.29 is 19.1 Å². The molecule has 0 saturated heterocycles. The van der Waals surface area contributed by atoms with E-state index >= 15 is 0 Å². The standard InChI is InChI=1S/C27H26Cl2N2O4/c1-5-30-25(32)16-7-10-22(29)20(12-16)27(2)21-13-18(28)8-11-23(21)31(26(27)33)15-17-6-9-19(34-3)14-24(17)35-4/h6-14H,5,15H2,1-4H3,(H,30,32). The maximum absolute atomic E-state index is 14.1. The molecule has 1 heterocycles. The number of fused-ring (bicyclic) bond motifs is 1. The van der Waals surface area contributed by atoms with Crippen LogP contribution in [0.15, 0.2) is 54.6 Å². The molecule has 0 bridgehead atoms. The molecule has 0 spiro atoms. The Morgan fingerprint density at radius 1 is 1.00 bits per heavy atom. The number of amides is 2. The zero-order valence-electron chi connectivity index (χ0n) is 19.9. The van der Waals surface area contributed by atoms with Gasteiger partial charge in [-0.3, -0.25) is 9.59 Å². The Kier molecular flexibility index (Phi) is 6.97. The molecule has 1 N–H and O–H groups in total. The summed E-state index contributed by atoms with van der Waals surface area (Å²) >= 11 is 13.0. The molecule has 35 heavy (non-hydrogen) atoms. The van der Waals surface area contributed by atoms with Gasteiger partial charge in [0, 0.05) is 39.5 Å². The second-order valence-corrected chi connectivity index (χ2v) is 9.25. The molecule has 0 saturated carbocycles. The van der Waals surface area contributed by atoms with Crippen LogP contribution in [0.4, 0.5) is 5.69 Å². The third kappa shape index (κ3) is 4.32. The third-order valence-electron chi connectivity index (χ3n) is 6.39. The van der Waals surface area contributed by atoms with Gasteiger partial charge in [0.15, 0.2) is 0 Å². The zero-order chi connectivity index (χ0) is 25.3. The fourth-order valence-corrected chi connectivity index (χ4v) is 5.00. The van der Waals surface area contributed by atoms with E-state index < -0.39 is 5.41 Å². The fourth-order valence-electron chi connectivity index (χ4n) is 4.52. The SMILES string of the molecule is CCNC(=O)c1ccc(Cl)c(C2(C)C(=O)N(Cc3ccc(OC)cc3OC)c3ccc(Cl)cc32)c1. The molecule has 8 heteroatoms. The lowest BCUT2D eigenvalue weighted by Crippen LogP contribution is -2.39. The molecule has 1 atom stereocenters. The first-order valence-electron chi connectivity index (χ1n) is 11.2. The Bertz CT molecular complexity index is 1310. The summed E-state index contributed by atoms with van der Waals surface area (Å²) in [7, 11) is 3.16. The van der Waals surface area contributed by atoms with E-state index in [-0.39, 0.29) is 18.4 Å². The summed E-state index contributed by atoms with van der Waals surface area (Å²) in [4.78, 5) is 28.4. The van der Waals surface area contributed by atoms with Crippen molar-refractivity contribution in [3.8, 4) is 11.5 Å². The van der Waals surface area contributed by atoms with Gasteiger partial charge in [0.1, 0.15) is 16.9 Å². The molecule has 182 valence electrons. The summed E-state index contributed by atoms with van der Waals surface area (Å²) in [5.74, 6) is 0.857. The first-order valence-corrected chi connectivity index (χ1v) is 11.9. The van der Waals surface area contributed by atoms with Crippen LogP contribution >= 0.6 is 23.2 Å². The number of ether oxygens (including phenoxy) is 2.